The number of nitrogens with one attached hydrogen (secondary N) is 1. The van der Waals surface area contributed by atoms with Gasteiger partial charge in [-0.3, -0.25) is 9.78 Å². The van der Waals surface area contributed by atoms with Crippen LogP contribution in [0.1, 0.15) is 61.3 Å². The number of hydrogen-bond donors (Lipinski definition) is 1. The highest BCUT2D eigenvalue weighted by molar-refractivity contribution is 5.93. The van der Waals surface area contributed by atoms with Crippen LogP contribution in [0.3, 0.4) is 0 Å². The molecule has 0 spiro atoms. The molecule has 2 aromatic rings. The van der Waals surface area contributed by atoms with Crippen molar-refractivity contribution in [1.82, 2.24) is 15.3 Å². The van der Waals surface area contributed by atoms with Gasteiger partial charge in [-0.25, -0.2) is 4.98 Å². The lowest BCUT2D eigenvalue weighted by molar-refractivity contribution is -0.123. The Morgan fingerprint density at radius 2 is 2.03 bits per heavy atom. The summed E-state index contributed by atoms with van der Waals surface area (Å²) in [6.07, 6.45) is 0.0499. The minimum Gasteiger partial charge on any atom is -0.366 e. The molecule has 2 aliphatic heterocycles. The highest BCUT2D eigenvalue weighted by Gasteiger charge is 2.35. The summed E-state index contributed by atoms with van der Waals surface area (Å²) in [5.41, 5.74) is 2.63. The molecular formula is C25H31F3N6O2. The van der Waals surface area contributed by atoms with Gasteiger partial charge in [0.05, 0.1) is 11.3 Å². The van der Waals surface area contributed by atoms with Gasteiger partial charge in [-0.15, -0.1) is 0 Å². The van der Waals surface area contributed by atoms with Gasteiger partial charge in [0, 0.05) is 38.1 Å². The SMILES string of the molecule is CC=O.CCC(C)c1ccc(C#N)cn1.CN1c2nc(C(=O)NCC(F)(F)F)ccc2N2CCC1C2. The summed E-state index contributed by atoms with van der Waals surface area (Å²) in [5, 5.41) is 10.4. The normalized spacial score (nSPS) is 16.3. The standard InChI is InChI=1S/C13H15F3N4O.C10H12N2.C2H4O/c1-19-8-4-5-20(6-8)10-3-2-9(18-11(10)19)12(21)17-7-13(14,15)16;1-3-8(2)10-5-4-9(6-11)7-12-10;1-2-3/h2-3,8H,4-7H2,1H3,(H,17,21);4-5,7-8H,3H2,1-2H3;2H,1H3. The number of nitrogens with zero attached hydrogens (tertiary/aromatic N) is 5. The van der Waals surface area contributed by atoms with E-state index < -0.39 is 18.6 Å². The fourth-order valence-corrected chi connectivity index (χ4v) is 3.77. The Kier molecular flexibility index (Phi) is 10.2. The number of aldehydes is 1. The van der Waals surface area contributed by atoms with Gasteiger partial charge >= 0.3 is 6.18 Å². The summed E-state index contributed by atoms with van der Waals surface area (Å²) in [6, 6.07) is 9.35. The molecule has 2 aliphatic rings. The zero-order valence-corrected chi connectivity index (χ0v) is 20.8. The van der Waals surface area contributed by atoms with E-state index in [1.54, 1.807) is 12.3 Å². The number of carbonyl (C=O) groups excluding carboxylic acids is 2. The highest BCUT2D eigenvalue weighted by Crippen LogP contribution is 2.37. The van der Waals surface area contributed by atoms with E-state index in [-0.39, 0.29) is 5.69 Å². The van der Waals surface area contributed by atoms with Crippen molar-refractivity contribution >= 4 is 23.7 Å². The Morgan fingerprint density at radius 3 is 2.58 bits per heavy atom. The molecule has 1 amide bonds. The number of anilines is 2. The van der Waals surface area contributed by atoms with Crippen LogP contribution >= 0.6 is 0 Å². The summed E-state index contributed by atoms with van der Waals surface area (Å²) in [4.78, 5) is 33.2. The van der Waals surface area contributed by atoms with Crippen LogP contribution in [0.15, 0.2) is 30.5 Å². The molecule has 2 atom stereocenters. The predicted octanol–water partition coefficient (Wildman–Crippen LogP) is 4.07. The molecule has 1 fully saturated rings. The first-order chi connectivity index (χ1) is 17.0. The van der Waals surface area contributed by atoms with Gasteiger partial charge in [-0.2, -0.15) is 18.4 Å². The lowest BCUT2D eigenvalue weighted by Crippen LogP contribution is -2.41. The van der Waals surface area contributed by atoms with Crippen molar-refractivity contribution in [1.29, 1.82) is 5.26 Å². The number of pyridine rings is 2. The monoisotopic (exact) mass is 504 g/mol. The minimum atomic E-state index is -4.43. The Hall–Kier alpha value is -3.68. The van der Waals surface area contributed by atoms with Crippen LogP contribution in [0.2, 0.25) is 0 Å². The minimum absolute atomic E-state index is 0.00681. The van der Waals surface area contributed by atoms with E-state index >= 15 is 0 Å². The van der Waals surface area contributed by atoms with Crippen molar-refractivity contribution in [3.8, 4) is 6.07 Å². The predicted molar refractivity (Wildman–Crippen MR) is 131 cm³/mol. The first-order valence-corrected chi connectivity index (χ1v) is 11.6. The third kappa shape index (κ3) is 7.66. The Morgan fingerprint density at radius 1 is 1.33 bits per heavy atom. The van der Waals surface area contributed by atoms with Gasteiger partial charge in [0.25, 0.3) is 5.91 Å². The molecule has 0 aliphatic carbocycles. The van der Waals surface area contributed by atoms with Crippen molar-refractivity contribution in [2.24, 2.45) is 0 Å². The molecule has 1 N–H and O–H groups in total. The van der Waals surface area contributed by atoms with Gasteiger partial charge in [-0.1, -0.05) is 13.8 Å². The molecule has 4 rings (SSSR count). The molecule has 0 radical (unpaired) electrons. The summed E-state index contributed by atoms with van der Waals surface area (Å²) in [7, 11) is 1.90. The van der Waals surface area contributed by atoms with Gasteiger partial charge in [0.15, 0.2) is 5.82 Å². The largest absolute Gasteiger partial charge is 0.405 e. The molecule has 2 unspecified atom stereocenters. The molecule has 1 saturated heterocycles. The van der Waals surface area contributed by atoms with Crippen molar-refractivity contribution < 1.29 is 22.8 Å². The molecule has 0 saturated carbocycles. The maximum absolute atomic E-state index is 12.1. The number of nitriles is 1. The second-order valence-electron chi connectivity index (χ2n) is 8.47. The fourth-order valence-electron chi connectivity index (χ4n) is 3.77. The zero-order valence-electron chi connectivity index (χ0n) is 20.8. The molecule has 4 heterocycles. The molecule has 0 aromatic carbocycles. The van der Waals surface area contributed by atoms with Gasteiger partial charge in [0.1, 0.15) is 24.6 Å². The topological polar surface area (TPSA) is 102 Å². The summed E-state index contributed by atoms with van der Waals surface area (Å²) in [5.74, 6) is 0.331. The first kappa shape index (κ1) is 28.6. The third-order valence-electron chi connectivity index (χ3n) is 5.96. The number of amides is 1. The van der Waals surface area contributed by atoms with E-state index in [0.29, 0.717) is 23.3 Å². The number of hydrogen-bond acceptors (Lipinski definition) is 7. The molecule has 36 heavy (non-hydrogen) atoms. The highest BCUT2D eigenvalue weighted by atomic mass is 19.4. The molecule has 8 nitrogen and oxygen atoms in total. The van der Waals surface area contributed by atoms with Crippen molar-refractivity contribution in [3.05, 3.63) is 47.4 Å². The number of carbonyl (C=O) groups is 2. The summed E-state index contributed by atoms with van der Waals surface area (Å²) < 4.78 is 36.4. The van der Waals surface area contributed by atoms with Crippen LogP contribution in [-0.4, -0.2) is 61.1 Å². The number of alkyl halides is 3. The zero-order chi connectivity index (χ0) is 26.9. The van der Waals surface area contributed by atoms with Gasteiger partial charge in [0.2, 0.25) is 0 Å². The van der Waals surface area contributed by atoms with E-state index in [9.17, 15) is 18.0 Å². The van der Waals surface area contributed by atoms with E-state index in [4.69, 9.17) is 10.1 Å². The van der Waals surface area contributed by atoms with E-state index in [1.807, 2.05) is 35.5 Å². The molecule has 2 aromatic heterocycles. The van der Waals surface area contributed by atoms with Crippen molar-refractivity contribution in [3.63, 3.8) is 0 Å². The van der Waals surface area contributed by atoms with Crippen LogP contribution in [-0.2, 0) is 4.79 Å². The van der Waals surface area contributed by atoms with Crippen LogP contribution in [0.25, 0.3) is 0 Å². The molecule has 11 heteroatoms. The molecular weight excluding hydrogens is 473 g/mol. The van der Waals surface area contributed by atoms with Crippen LogP contribution in [0.4, 0.5) is 24.7 Å². The van der Waals surface area contributed by atoms with E-state index in [2.05, 4.69) is 28.7 Å². The van der Waals surface area contributed by atoms with Gasteiger partial charge < -0.3 is 19.9 Å². The lowest BCUT2D eigenvalue weighted by Gasteiger charge is -2.34. The first-order valence-electron chi connectivity index (χ1n) is 11.6. The summed E-state index contributed by atoms with van der Waals surface area (Å²) in [6.45, 7) is 6.21. The van der Waals surface area contributed by atoms with Crippen LogP contribution in [0, 0.1) is 11.3 Å². The third-order valence-corrected chi connectivity index (χ3v) is 5.96. The van der Waals surface area contributed by atoms with Gasteiger partial charge in [-0.05, 0) is 49.9 Å². The average Bonchev–Trinajstić information content (AvgIpc) is 3.32. The lowest BCUT2D eigenvalue weighted by atomic mass is 10.0. The average molecular weight is 505 g/mol. The Balaban J connectivity index is 0.000000258. The quantitative estimate of drug-likeness (QED) is 0.626. The Labute approximate surface area is 209 Å². The van der Waals surface area contributed by atoms with E-state index in [1.165, 1.54) is 13.0 Å². The number of rotatable bonds is 4. The number of halogens is 3. The number of aromatic nitrogens is 2. The second-order valence-corrected chi connectivity index (χ2v) is 8.47. The van der Waals surface area contributed by atoms with Crippen LogP contribution < -0.4 is 15.1 Å². The summed E-state index contributed by atoms with van der Waals surface area (Å²) >= 11 is 0. The number of fused-ring (bicyclic) bond motifs is 4. The maximum atomic E-state index is 12.1. The van der Waals surface area contributed by atoms with Crippen molar-refractivity contribution in [2.45, 2.75) is 51.7 Å². The maximum Gasteiger partial charge on any atom is 0.405 e. The molecule has 194 valence electrons. The Bertz CT molecular complexity index is 1070. The second kappa shape index (κ2) is 12.9. The van der Waals surface area contributed by atoms with Crippen molar-refractivity contribution in [2.75, 3.05) is 36.5 Å². The van der Waals surface area contributed by atoms with E-state index in [0.717, 1.165) is 43.6 Å². The smallest absolute Gasteiger partial charge is 0.366 e. The fraction of sp³-hybridized carbons (Fsp3) is 0.480. The molecule has 2 bridgehead atoms. The number of likely N-dealkylation sites (N-methyl/N-ethyl adjacent to an activating group) is 1. The van der Waals surface area contributed by atoms with Crippen LogP contribution in [0.5, 0.6) is 0 Å².